The number of rotatable bonds is 4. The van der Waals surface area contributed by atoms with Gasteiger partial charge in [-0.25, -0.2) is 0 Å². The zero-order chi connectivity index (χ0) is 12.3. The average Bonchev–Trinajstić information content (AvgIpc) is 2.24. The summed E-state index contributed by atoms with van der Waals surface area (Å²) in [6, 6.07) is 0.0564. The van der Waals surface area contributed by atoms with Crippen LogP contribution in [0.5, 0.6) is 0 Å². The predicted octanol–water partition coefficient (Wildman–Crippen LogP) is 2.07. The SMILES string of the molecule is CC(C)(CNC(=O)C1CCCCN1)C1CCC1. The number of carbonyl (C=O) groups excluding carboxylic acids is 1. The largest absolute Gasteiger partial charge is 0.354 e. The van der Waals surface area contributed by atoms with E-state index in [0.717, 1.165) is 25.4 Å². The Bertz CT molecular complexity index is 265. The fraction of sp³-hybridized carbons (Fsp3) is 0.929. The molecular formula is C14H26N2O. The van der Waals surface area contributed by atoms with Gasteiger partial charge < -0.3 is 10.6 Å². The third kappa shape index (κ3) is 3.21. The summed E-state index contributed by atoms with van der Waals surface area (Å²) in [5, 5.41) is 6.44. The molecule has 1 heterocycles. The number of hydrogen-bond acceptors (Lipinski definition) is 2. The lowest BCUT2D eigenvalue weighted by Gasteiger charge is -2.40. The molecule has 17 heavy (non-hydrogen) atoms. The van der Waals surface area contributed by atoms with E-state index in [-0.39, 0.29) is 17.4 Å². The van der Waals surface area contributed by atoms with Crippen molar-refractivity contribution in [3.8, 4) is 0 Å². The lowest BCUT2D eigenvalue weighted by molar-refractivity contribution is -0.124. The third-order valence-corrected chi connectivity index (χ3v) is 4.56. The molecule has 1 saturated heterocycles. The summed E-state index contributed by atoms with van der Waals surface area (Å²) in [4.78, 5) is 12.0. The molecule has 2 aliphatic rings. The smallest absolute Gasteiger partial charge is 0.237 e. The normalized spacial score (nSPS) is 26.4. The van der Waals surface area contributed by atoms with Crippen LogP contribution in [0.1, 0.15) is 52.4 Å². The highest BCUT2D eigenvalue weighted by Gasteiger charge is 2.34. The fourth-order valence-electron chi connectivity index (χ4n) is 2.85. The van der Waals surface area contributed by atoms with Crippen LogP contribution in [0.4, 0.5) is 0 Å². The molecule has 0 aromatic carbocycles. The van der Waals surface area contributed by atoms with Crippen LogP contribution in [0.2, 0.25) is 0 Å². The minimum Gasteiger partial charge on any atom is -0.354 e. The molecular weight excluding hydrogens is 212 g/mol. The van der Waals surface area contributed by atoms with Crippen LogP contribution < -0.4 is 10.6 Å². The lowest BCUT2D eigenvalue weighted by Crippen LogP contribution is -2.50. The van der Waals surface area contributed by atoms with Gasteiger partial charge in [-0.1, -0.05) is 26.7 Å². The Morgan fingerprint density at radius 1 is 1.24 bits per heavy atom. The van der Waals surface area contributed by atoms with Gasteiger partial charge in [-0.3, -0.25) is 4.79 Å². The van der Waals surface area contributed by atoms with E-state index in [2.05, 4.69) is 24.5 Å². The Labute approximate surface area is 105 Å². The molecule has 3 nitrogen and oxygen atoms in total. The Morgan fingerprint density at radius 3 is 2.53 bits per heavy atom. The maximum atomic E-state index is 12.0. The van der Waals surface area contributed by atoms with E-state index < -0.39 is 0 Å². The number of hydrogen-bond donors (Lipinski definition) is 2. The molecule has 1 unspecified atom stereocenters. The molecule has 1 atom stereocenters. The monoisotopic (exact) mass is 238 g/mol. The van der Waals surface area contributed by atoms with Crippen LogP contribution in [-0.4, -0.2) is 25.0 Å². The quantitative estimate of drug-likeness (QED) is 0.787. The summed E-state index contributed by atoms with van der Waals surface area (Å²) in [6.45, 7) is 6.38. The highest BCUT2D eigenvalue weighted by Crippen LogP contribution is 2.41. The number of amides is 1. The van der Waals surface area contributed by atoms with Crippen LogP contribution in [0, 0.1) is 11.3 Å². The molecule has 98 valence electrons. The molecule has 2 fully saturated rings. The first kappa shape index (κ1) is 12.9. The maximum absolute atomic E-state index is 12.0. The summed E-state index contributed by atoms with van der Waals surface area (Å²) in [7, 11) is 0. The number of carbonyl (C=O) groups is 1. The van der Waals surface area contributed by atoms with Gasteiger partial charge in [-0.15, -0.1) is 0 Å². The van der Waals surface area contributed by atoms with Gasteiger partial charge in [0.1, 0.15) is 0 Å². The summed E-state index contributed by atoms with van der Waals surface area (Å²) < 4.78 is 0. The van der Waals surface area contributed by atoms with Crippen LogP contribution in [-0.2, 0) is 4.79 Å². The minimum absolute atomic E-state index is 0.0564. The zero-order valence-electron chi connectivity index (χ0n) is 11.2. The lowest BCUT2D eigenvalue weighted by atomic mass is 9.67. The minimum atomic E-state index is 0.0564. The zero-order valence-corrected chi connectivity index (χ0v) is 11.2. The number of piperidine rings is 1. The van der Waals surface area contributed by atoms with E-state index in [1.165, 1.54) is 32.1 Å². The maximum Gasteiger partial charge on any atom is 0.237 e. The highest BCUT2D eigenvalue weighted by molar-refractivity contribution is 5.81. The van der Waals surface area contributed by atoms with E-state index in [1.807, 2.05) is 0 Å². The Kier molecular flexibility index (Phi) is 4.08. The van der Waals surface area contributed by atoms with Gasteiger partial charge in [0.05, 0.1) is 6.04 Å². The molecule has 2 N–H and O–H groups in total. The molecule has 2 rings (SSSR count). The number of nitrogens with one attached hydrogen (secondary N) is 2. The van der Waals surface area contributed by atoms with Crippen molar-refractivity contribution in [2.45, 2.75) is 58.4 Å². The first-order valence-corrected chi connectivity index (χ1v) is 7.11. The molecule has 0 aromatic heterocycles. The van der Waals surface area contributed by atoms with Crippen molar-refractivity contribution in [3.05, 3.63) is 0 Å². The van der Waals surface area contributed by atoms with E-state index in [4.69, 9.17) is 0 Å². The van der Waals surface area contributed by atoms with E-state index in [0.29, 0.717) is 0 Å². The van der Waals surface area contributed by atoms with Crippen molar-refractivity contribution in [2.24, 2.45) is 11.3 Å². The van der Waals surface area contributed by atoms with Crippen molar-refractivity contribution in [1.29, 1.82) is 0 Å². The molecule has 3 heteroatoms. The molecule has 0 aromatic rings. The van der Waals surface area contributed by atoms with Gasteiger partial charge in [-0.2, -0.15) is 0 Å². The second-order valence-electron chi connectivity index (χ2n) is 6.34. The Morgan fingerprint density at radius 2 is 2.00 bits per heavy atom. The standard InChI is InChI=1S/C14H26N2O/c1-14(2,11-6-5-7-11)10-16-13(17)12-8-3-4-9-15-12/h11-12,15H,3-10H2,1-2H3,(H,16,17). The highest BCUT2D eigenvalue weighted by atomic mass is 16.2. The Balaban J connectivity index is 1.74. The molecule has 1 amide bonds. The van der Waals surface area contributed by atoms with E-state index >= 15 is 0 Å². The second-order valence-corrected chi connectivity index (χ2v) is 6.34. The first-order valence-electron chi connectivity index (χ1n) is 7.11. The second kappa shape index (κ2) is 5.38. The third-order valence-electron chi connectivity index (χ3n) is 4.56. The van der Waals surface area contributed by atoms with Crippen molar-refractivity contribution >= 4 is 5.91 Å². The van der Waals surface area contributed by atoms with Crippen molar-refractivity contribution in [1.82, 2.24) is 10.6 Å². The van der Waals surface area contributed by atoms with E-state index in [1.54, 1.807) is 0 Å². The van der Waals surface area contributed by atoms with Crippen LogP contribution in [0.25, 0.3) is 0 Å². The van der Waals surface area contributed by atoms with Gasteiger partial charge >= 0.3 is 0 Å². The van der Waals surface area contributed by atoms with Crippen molar-refractivity contribution in [2.75, 3.05) is 13.1 Å². The first-order chi connectivity index (χ1) is 8.09. The van der Waals surface area contributed by atoms with Gasteiger partial charge in [0.25, 0.3) is 0 Å². The molecule has 1 aliphatic heterocycles. The van der Waals surface area contributed by atoms with Crippen molar-refractivity contribution in [3.63, 3.8) is 0 Å². The van der Waals surface area contributed by atoms with Gasteiger partial charge in [0, 0.05) is 6.54 Å². The summed E-state index contributed by atoms with van der Waals surface area (Å²) >= 11 is 0. The Hall–Kier alpha value is -0.570. The van der Waals surface area contributed by atoms with Crippen molar-refractivity contribution < 1.29 is 4.79 Å². The van der Waals surface area contributed by atoms with Crippen LogP contribution >= 0.6 is 0 Å². The van der Waals surface area contributed by atoms with Crippen LogP contribution in [0.15, 0.2) is 0 Å². The van der Waals surface area contributed by atoms with E-state index in [9.17, 15) is 4.79 Å². The molecule has 0 bridgehead atoms. The van der Waals surface area contributed by atoms with Gasteiger partial charge in [0.15, 0.2) is 0 Å². The average molecular weight is 238 g/mol. The van der Waals surface area contributed by atoms with Gasteiger partial charge in [0.2, 0.25) is 5.91 Å². The topological polar surface area (TPSA) is 41.1 Å². The fourth-order valence-corrected chi connectivity index (χ4v) is 2.85. The summed E-state index contributed by atoms with van der Waals surface area (Å²) in [5.74, 6) is 1.01. The summed E-state index contributed by atoms with van der Waals surface area (Å²) in [5.41, 5.74) is 0.266. The molecule has 1 saturated carbocycles. The molecule has 0 spiro atoms. The van der Waals surface area contributed by atoms with Gasteiger partial charge in [-0.05, 0) is 43.6 Å². The molecule has 0 radical (unpaired) electrons. The summed E-state index contributed by atoms with van der Waals surface area (Å²) in [6.07, 6.45) is 7.42. The predicted molar refractivity (Wildman–Crippen MR) is 69.8 cm³/mol. The molecule has 1 aliphatic carbocycles. The van der Waals surface area contributed by atoms with Crippen LogP contribution in [0.3, 0.4) is 0 Å².